The molecule has 1 saturated heterocycles. The van der Waals surface area contributed by atoms with E-state index in [0.717, 1.165) is 13.0 Å². The van der Waals surface area contributed by atoms with Gasteiger partial charge < -0.3 is 10.2 Å². The van der Waals surface area contributed by atoms with E-state index in [4.69, 9.17) is 0 Å². The number of nitrogens with one attached hydrogen (secondary N) is 1. The van der Waals surface area contributed by atoms with E-state index in [0.29, 0.717) is 23.5 Å². The van der Waals surface area contributed by atoms with Gasteiger partial charge in [0.05, 0.1) is 15.4 Å². The first-order valence-electron chi connectivity index (χ1n) is 9.14. The maximum atomic E-state index is 12.4. The summed E-state index contributed by atoms with van der Waals surface area (Å²) < 4.78 is 28.8. The van der Waals surface area contributed by atoms with Crippen LogP contribution in [0.3, 0.4) is 0 Å². The first kappa shape index (κ1) is 21.2. The number of benzene rings is 2. The molecule has 1 aliphatic rings. The Morgan fingerprint density at radius 3 is 2.53 bits per heavy atom. The molecule has 0 spiro atoms. The molecule has 0 aliphatic carbocycles. The molecule has 3 rings (SSSR count). The minimum Gasteiger partial charge on any atom is -0.362 e. The average Bonchev–Trinajstić information content (AvgIpc) is 3.11. The van der Waals surface area contributed by atoms with E-state index in [1.54, 1.807) is 19.2 Å². The molecule has 10 heteroatoms. The summed E-state index contributed by atoms with van der Waals surface area (Å²) in [7, 11) is -2.02. The number of carbonyl (C=O) groups excluding carboxylic acids is 1. The van der Waals surface area contributed by atoms with Crippen molar-refractivity contribution in [3.05, 3.63) is 70.3 Å². The van der Waals surface area contributed by atoms with Crippen molar-refractivity contribution < 1.29 is 18.1 Å². The highest BCUT2D eigenvalue weighted by Crippen LogP contribution is 2.20. The fraction of sp³-hybridized carbons (Fsp3) is 0.200. The molecule has 30 heavy (non-hydrogen) atoms. The first-order chi connectivity index (χ1) is 14.3. The Kier molecular flexibility index (Phi) is 6.26. The summed E-state index contributed by atoms with van der Waals surface area (Å²) in [6.07, 6.45) is 4.01. The van der Waals surface area contributed by atoms with E-state index in [9.17, 15) is 23.3 Å². The number of hydrogen-bond acceptors (Lipinski definition) is 5. The largest absolute Gasteiger partial charge is 0.362 e. The number of anilines is 1. The molecular formula is C20H20N4O5S. The molecule has 0 saturated carbocycles. The molecule has 1 amide bonds. The van der Waals surface area contributed by atoms with Gasteiger partial charge in [-0.3, -0.25) is 14.9 Å². The Hall–Kier alpha value is -3.53. The van der Waals surface area contributed by atoms with Crippen molar-refractivity contribution in [3.8, 4) is 0 Å². The smallest absolute Gasteiger partial charge is 0.283 e. The van der Waals surface area contributed by atoms with Crippen molar-refractivity contribution in [1.82, 2.24) is 4.90 Å². The standard InChI is InChI=1S/C20H20N4O5S/c1-23-14-4-7-19(23)22-30(28,29)17-11-9-16(10-12-17)21-20(25)13-8-15-5-2-3-6-18(15)24(26)27/h2-3,5-6,8-13H,4,7,14H2,1H3,(H,21,25)/b13-8+,22-19+. The summed E-state index contributed by atoms with van der Waals surface area (Å²) in [6, 6.07) is 11.7. The lowest BCUT2D eigenvalue weighted by Crippen LogP contribution is -2.20. The number of nitro benzene ring substituents is 1. The summed E-state index contributed by atoms with van der Waals surface area (Å²) >= 11 is 0. The second-order valence-corrected chi connectivity index (χ2v) is 8.27. The molecule has 2 aromatic carbocycles. The van der Waals surface area contributed by atoms with Crippen LogP contribution in [0.2, 0.25) is 0 Å². The van der Waals surface area contributed by atoms with Gasteiger partial charge in [0.1, 0.15) is 5.84 Å². The van der Waals surface area contributed by atoms with Gasteiger partial charge in [-0.1, -0.05) is 12.1 Å². The van der Waals surface area contributed by atoms with Gasteiger partial charge in [0.15, 0.2) is 0 Å². The highest BCUT2D eigenvalue weighted by Gasteiger charge is 2.20. The molecule has 1 fully saturated rings. The minimum absolute atomic E-state index is 0.0313. The third-order valence-corrected chi connectivity index (χ3v) is 5.85. The molecule has 1 heterocycles. The number of para-hydroxylation sites is 1. The topological polar surface area (TPSA) is 122 Å². The second kappa shape index (κ2) is 8.87. The van der Waals surface area contributed by atoms with E-state index >= 15 is 0 Å². The van der Waals surface area contributed by atoms with E-state index in [1.807, 2.05) is 4.90 Å². The van der Waals surface area contributed by atoms with E-state index < -0.39 is 20.9 Å². The maximum Gasteiger partial charge on any atom is 0.283 e. The van der Waals surface area contributed by atoms with Crippen molar-refractivity contribution in [2.75, 3.05) is 18.9 Å². The summed E-state index contributed by atoms with van der Waals surface area (Å²) in [5, 5.41) is 13.6. The molecule has 9 nitrogen and oxygen atoms in total. The maximum absolute atomic E-state index is 12.4. The van der Waals surface area contributed by atoms with Gasteiger partial charge in [-0.25, -0.2) is 0 Å². The van der Waals surface area contributed by atoms with Gasteiger partial charge in [-0.2, -0.15) is 8.42 Å². The summed E-state index contributed by atoms with van der Waals surface area (Å²) in [4.78, 5) is 24.4. The summed E-state index contributed by atoms with van der Waals surface area (Å²) in [6.45, 7) is 0.777. The monoisotopic (exact) mass is 428 g/mol. The SMILES string of the molecule is CN1CCC/C1=N\S(=O)(=O)c1ccc(NC(=O)/C=C/c2ccccc2[N+](=O)[O-])cc1. The number of rotatable bonds is 6. The van der Waals surface area contributed by atoms with Gasteiger partial charge >= 0.3 is 0 Å². The van der Waals surface area contributed by atoms with E-state index in [-0.39, 0.29) is 10.6 Å². The van der Waals surface area contributed by atoms with Crippen LogP contribution in [0, 0.1) is 10.1 Å². The number of likely N-dealkylation sites (tertiary alicyclic amines) is 1. The normalized spacial score (nSPS) is 15.6. The zero-order valence-electron chi connectivity index (χ0n) is 16.2. The number of amidine groups is 1. The Morgan fingerprint density at radius 1 is 1.20 bits per heavy atom. The number of carbonyl (C=O) groups is 1. The number of sulfonamides is 1. The Labute approximate surface area is 173 Å². The molecule has 156 valence electrons. The fourth-order valence-electron chi connectivity index (χ4n) is 2.96. The molecule has 1 aliphatic heterocycles. The van der Waals surface area contributed by atoms with Gasteiger partial charge in [0, 0.05) is 37.8 Å². The quantitative estimate of drug-likeness (QED) is 0.429. The highest BCUT2D eigenvalue weighted by molar-refractivity contribution is 7.90. The van der Waals surface area contributed by atoms with Crippen LogP contribution in [0.15, 0.2) is 63.9 Å². The van der Waals surface area contributed by atoms with Crippen LogP contribution in [0.1, 0.15) is 18.4 Å². The van der Waals surface area contributed by atoms with Gasteiger partial charge in [0.2, 0.25) is 5.91 Å². The van der Waals surface area contributed by atoms with E-state index in [2.05, 4.69) is 9.71 Å². The van der Waals surface area contributed by atoms with Gasteiger partial charge in [-0.05, 0) is 42.8 Å². The zero-order valence-corrected chi connectivity index (χ0v) is 17.0. The molecular weight excluding hydrogens is 408 g/mol. The van der Waals surface area contributed by atoms with Crippen LogP contribution >= 0.6 is 0 Å². The zero-order chi connectivity index (χ0) is 21.7. The van der Waals surface area contributed by atoms with Crippen LogP contribution < -0.4 is 5.32 Å². The Bertz CT molecular complexity index is 1120. The average molecular weight is 428 g/mol. The second-order valence-electron chi connectivity index (χ2n) is 6.67. The van der Waals surface area contributed by atoms with Gasteiger partial charge in [0.25, 0.3) is 15.7 Å². The number of nitrogens with zero attached hydrogens (tertiary/aromatic N) is 3. The molecule has 1 N–H and O–H groups in total. The lowest BCUT2D eigenvalue weighted by atomic mass is 10.1. The van der Waals surface area contributed by atoms with Crippen molar-refractivity contribution >= 4 is 39.2 Å². The van der Waals surface area contributed by atoms with Crippen LogP contribution in [0.4, 0.5) is 11.4 Å². The molecule has 0 atom stereocenters. The number of nitro groups is 1. The Morgan fingerprint density at radius 2 is 1.90 bits per heavy atom. The van der Waals surface area contributed by atoms with Crippen molar-refractivity contribution in [1.29, 1.82) is 0 Å². The molecule has 0 radical (unpaired) electrons. The van der Waals surface area contributed by atoms with Crippen molar-refractivity contribution in [3.63, 3.8) is 0 Å². The predicted molar refractivity (Wildman–Crippen MR) is 114 cm³/mol. The number of hydrogen-bond donors (Lipinski definition) is 1. The Balaban J connectivity index is 1.69. The summed E-state index contributed by atoms with van der Waals surface area (Å²) in [5.41, 5.74) is 0.581. The third kappa shape index (κ3) is 5.09. The molecule has 0 unspecified atom stereocenters. The number of amides is 1. The lowest BCUT2D eigenvalue weighted by Gasteiger charge is -2.11. The predicted octanol–water partition coefficient (Wildman–Crippen LogP) is 3.06. The highest BCUT2D eigenvalue weighted by atomic mass is 32.2. The molecule has 2 aromatic rings. The summed E-state index contributed by atoms with van der Waals surface area (Å²) in [5.74, 6) is 0.0316. The molecule has 0 aromatic heterocycles. The van der Waals surface area contributed by atoms with Gasteiger partial charge in [-0.15, -0.1) is 4.40 Å². The van der Waals surface area contributed by atoms with Crippen LogP contribution in [-0.4, -0.2) is 43.6 Å². The van der Waals surface area contributed by atoms with Crippen LogP contribution in [0.5, 0.6) is 0 Å². The van der Waals surface area contributed by atoms with Crippen LogP contribution in [-0.2, 0) is 14.8 Å². The van der Waals surface area contributed by atoms with Crippen molar-refractivity contribution in [2.45, 2.75) is 17.7 Å². The molecule has 0 bridgehead atoms. The first-order valence-corrected chi connectivity index (χ1v) is 10.6. The fourth-order valence-corrected chi connectivity index (χ4v) is 4.05. The van der Waals surface area contributed by atoms with E-state index in [1.165, 1.54) is 48.6 Å². The lowest BCUT2D eigenvalue weighted by molar-refractivity contribution is -0.385. The third-order valence-electron chi connectivity index (χ3n) is 4.53. The minimum atomic E-state index is -3.83. The van der Waals surface area contributed by atoms with Crippen LogP contribution in [0.25, 0.3) is 6.08 Å². The van der Waals surface area contributed by atoms with Crippen molar-refractivity contribution in [2.24, 2.45) is 4.40 Å².